The maximum atomic E-state index is 12.8. The molecule has 0 aliphatic carbocycles. The van der Waals surface area contributed by atoms with Crippen LogP contribution in [-0.2, 0) is 11.8 Å². The molecule has 0 fully saturated rings. The zero-order valence-corrected chi connectivity index (χ0v) is 17.5. The predicted octanol–water partition coefficient (Wildman–Crippen LogP) is 3.43. The topological polar surface area (TPSA) is 97.4 Å². The zero-order chi connectivity index (χ0) is 20.9. The largest absolute Gasteiger partial charge is 0.313 e. The van der Waals surface area contributed by atoms with Gasteiger partial charge in [-0.3, -0.25) is 9.79 Å². The van der Waals surface area contributed by atoms with E-state index in [-0.39, 0.29) is 17.6 Å². The number of para-hydroxylation sites is 2. The fourth-order valence-corrected chi connectivity index (χ4v) is 3.91. The fraction of sp³-hybridized carbons (Fsp3) is 0.238. The summed E-state index contributed by atoms with van der Waals surface area (Å²) in [6, 6.07) is 17.7. The molecule has 9 heteroatoms. The Morgan fingerprint density at radius 3 is 2.43 bits per heavy atom. The van der Waals surface area contributed by atoms with Crippen LogP contribution in [0.5, 0.6) is 0 Å². The van der Waals surface area contributed by atoms with Gasteiger partial charge in [-0.05, 0) is 34.5 Å². The number of aromatic nitrogens is 4. The van der Waals surface area contributed by atoms with Crippen molar-refractivity contribution in [1.29, 1.82) is 0 Å². The van der Waals surface area contributed by atoms with Crippen LogP contribution in [0.25, 0.3) is 0 Å². The second-order valence-electron chi connectivity index (χ2n) is 6.71. The number of hydrogen-bond acceptors (Lipinski definition) is 7. The summed E-state index contributed by atoms with van der Waals surface area (Å²) in [5.41, 5.74) is 3.53. The molecule has 1 amide bonds. The number of benzene rings is 2. The quantitative estimate of drug-likeness (QED) is 0.639. The first-order valence-electron chi connectivity index (χ1n) is 9.60. The van der Waals surface area contributed by atoms with E-state index in [1.54, 1.807) is 7.05 Å². The summed E-state index contributed by atoms with van der Waals surface area (Å²) >= 11 is 1.27. The van der Waals surface area contributed by atoms with Crippen molar-refractivity contribution in [3.63, 3.8) is 0 Å². The molecule has 0 saturated carbocycles. The van der Waals surface area contributed by atoms with Crippen LogP contribution in [0.3, 0.4) is 0 Å². The van der Waals surface area contributed by atoms with Crippen molar-refractivity contribution in [2.24, 2.45) is 17.0 Å². The number of carbonyl (C=O) groups is 1. The minimum absolute atomic E-state index is 0.169. The van der Waals surface area contributed by atoms with Crippen molar-refractivity contribution < 1.29 is 4.79 Å². The Labute approximate surface area is 178 Å². The Bertz CT molecular complexity index is 1110. The van der Waals surface area contributed by atoms with E-state index in [1.807, 2.05) is 54.6 Å². The summed E-state index contributed by atoms with van der Waals surface area (Å²) in [7, 11) is 1.74. The van der Waals surface area contributed by atoms with Gasteiger partial charge in [0.25, 0.3) is 0 Å². The van der Waals surface area contributed by atoms with Gasteiger partial charge in [0.1, 0.15) is 5.84 Å². The molecular weight excluding hydrogens is 398 g/mol. The lowest BCUT2D eigenvalue weighted by atomic mass is 9.91. The first-order valence-corrected chi connectivity index (χ1v) is 10.6. The summed E-state index contributed by atoms with van der Waals surface area (Å²) in [6.45, 7) is 2.07. The average Bonchev–Trinajstić information content (AvgIpc) is 3.10. The van der Waals surface area contributed by atoms with Crippen LogP contribution in [0.1, 0.15) is 24.8 Å². The lowest BCUT2D eigenvalue weighted by Crippen LogP contribution is -2.38. The number of aliphatic imine (C=N–C) groups is 2. The Hall–Kier alpha value is -3.33. The van der Waals surface area contributed by atoms with Crippen LogP contribution in [0.4, 0.5) is 11.4 Å². The van der Waals surface area contributed by atoms with Gasteiger partial charge < -0.3 is 5.32 Å². The van der Waals surface area contributed by atoms with Crippen LogP contribution >= 0.6 is 11.8 Å². The van der Waals surface area contributed by atoms with Crippen LogP contribution in [-0.4, -0.2) is 43.4 Å². The molecule has 4 rings (SSSR count). The summed E-state index contributed by atoms with van der Waals surface area (Å²) in [5, 5.41) is 14.9. The molecule has 3 aromatic rings. The Balaban J connectivity index is 1.66. The first-order chi connectivity index (χ1) is 14.7. The van der Waals surface area contributed by atoms with Gasteiger partial charge in [-0.1, -0.05) is 61.2 Å². The Morgan fingerprint density at radius 2 is 1.77 bits per heavy atom. The van der Waals surface area contributed by atoms with Gasteiger partial charge in [0.2, 0.25) is 11.1 Å². The van der Waals surface area contributed by atoms with Crippen molar-refractivity contribution in [3.8, 4) is 0 Å². The fourth-order valence-electron chi connectivity index (χ4n) is 3.26. The molecule has 1 aromatic heterocycles. The van der Waals surface area contributed by atoms with E-state index in [9.17, 15) is 4.79 Å². The number of amidine groups is 1. The molecule has 1 atom stereocenters. The lowest BCUT2D eigenvalue weighted by molar-refractivity contribution is -0.117. The van der Waals surface area contributed by atoms with Crippen molar-refractivity contribution >= 4 is 40.6 Å². The van der Waals surface area contributed by atoms with E-state index >= 15 is 0 Å². The van der Waals surface area contributed by atoms with Crippen molar-refractivity contribution in [3.05, 3.63) is 60.2 Å². The number of nitrogens with zero attached hydrogens (tertiary/aromatic N) is 6. The zero-order valence-electron chi connectivity index (χ0n) is 16.7. The molecule has 0 saturated heterocycles. The molecule has 152 valence electrons. The summed E-state index contributed by atoms with van der Waals surface area (Å²) < 4.78 is 1.53. The molecule has 1 aliphatic rings. The third-order valence-electron chi connectivity index (χ3n) is 4.67. The smallest absolute Gasteiger partial charge is 0.235 e. The molecule has 0 bridgehead atoms. The SMILES string of the molecule is CCC1=Nc2ccccc2N=C(NC(=O)CSc2nnnn2C)[C@H]1c1ccccc1. The van der Waals surface area contributed by atoms with E-state index in [1.165, 1.54) is 16.4 Å². The van der Waals surface area contributed by atoms with Crippen LogP contribution in [0.2, 0.25) is 0 Å². The number of fused-ring (bicyclic) bond motifs is 1. The minimum Gasteiger partial charge on any atom is -0.313 e. The van der Waals surface area contributed by atoms with Gasteiger partial charge in [0.15, 0.2) is 0 Å². The molecule has 1 N–H and O–H groups in total. The lowest BCUT2D eigenvalue weighted by Gasteiger charge is -2.20. The maximum Gasteiger partial charge on any atom is 0.235 e. The number of thioether (sulfide) groups is 1. The number of tetrazole rings is 1. The highest BCUT2D eigenvalue weighted by atomic mass is 32.2. The highest BCUT2D eigenvalue weighted by molar-refractivity contribution is 7.99. The molecule has 0 spiro atoms. The van der Waals surface area contributed by atoms with Crippen LogP contribution in [0, 0.1) is 0 Å². The molecule has 2 aromatic carbocycles. The van der Waals surface area contributed by atoms with Gasteiger partial charge >= 0.3 is 0 Å². The predicted molar refractivity (Wildman–Crippen MR) is 118 cm³/mol. The number of rotatable bonds is 5. The summed E-state index contributed by atoms with van der Waals surface area (Å²) in [4.78, 5) is 22.5. The van der Waals surface area contributed by atoms with Crippen LogP contribution < -0.4 is 5.32 Å². The van der Waals surface area contributed by atoms with Gasteiger partial charge in [-0.25, -0.2) is 9.67 Å². The number of carbonyl (C=O) groups excluding carboxylic acids is 1. The second kappa shape index (κ2) is 9.00. The highest BCUT2D eigenvalue weighted by Gasteiger charge is 2.27. The molecule has 30 heavy (non-hydrogen) atoms. The number of nitrogens with one attached hydrogen (secondary N) is 1. The monoisotopic (exact) mass is 419 g/mol. The minimum atomic E-state index is -0.228. The second-order valence-corrected chi connectivity index (χ2v) is 7.65. The third-order valence-corrected chi connectivity index (χ3v) is 5.68. The van der Waals surface area contributed by atoms with Crippen molar-refractivity contribution in [2.75, 3.05) is 5.75 Å². The number of hydrogen-bond donors (Lipinski definition) is 1. The highest BCUT2D eigenvalue weighted by Crippen LogP contribution is 2.35. The standard InChI is InChI=1S/C21H21N7OS/c1-3-15-19(14-9-5-4-6-10-14)20(23-17-12-8-7-11-16(17)22-15)24-18(29)13-30-21-25-26-27-28(21)2/h4-12,19H,3,13H2,1-2H3,(H,23,24,29)/t19-/m0/s1. The molecule has 0 radical (unpaired) electrons. The van der Waals surface area contributed by atoms with Crippen molar-refractivity contribution in [2.45, 2.75) is 24.4 Å². The third kappa shape index (κ3) is 4.30. The first kappa shape index (κ1) is 20.0. The molecular formula is C21H21N7OS. The summed E-state index contributed by atoms with van der Waals surface area (Å²) in [6.07, 6.45) is 0.738. The molecule has 2 heterocycles. The van der Waals surface area contributed by atoms with Gasteiger partial charge in [0.05, 0.1) is 23.0 Å². The van der Waals surface area contributed by atoms with E-state index in [4.69, 9.17) is 9.98 Å². The summed E-state index contributed by atoms with van der Waals surface area (Å²) in [5.74, 6) is 0.356. The van der Waals surface area contributed by atoms with E-state index in [0.717, 1.165) is 29.1 Å². The van der Waals surface area contributed by atoms with Gasteiger partial charge in [-0.2, -0.15) is 0 Å². The Kier molecular flexibility index (Phi) is 5.99. The van der Waals surface area contributed by atoms with Crippen LogP contribution in [0.15, 0.2) is 69.7 Å². The van der Waals surface area contributed by atoms with E-state index < -0.39 is 0 Å². The molecule has 0 unspecified atom stereocenters. The van der Waals surface area contributed by atoms with E-state index in [0.29, 0.717) is 11.0 Å². The maximum absolute atomic E-state index is 12.8. The Morgan fingerprint density at radius 1 is 1.07 bits per heavy atom. The molecule has 8 nitrogen and oxygen atoms in total. The van der Waals surface area contributed by atoms with Crippen molar-refractivity contribution in [1.82, 2.24) is 25.5 Å². The molecule has 1 aliphatic heterocycles. The average molecular weight is 420 g/mol. The van der Waals surface area contributed by atoms with Gasteiger partial charge in [0, 0.05) is 12.8 Å². The normalized spacial score (nSPS) is 15.6. The van der Waals surface area contributed by atoms with Gasteiger partial charge in [-0.15, -0.1) is 5.10 Å². The number of aryl methyl sites for hydroxylation is 1. The van der Waals surface area contributed by atoms with E-state index in [2.05, 4.69) is 27.8 Å². The number of amides is 1.